The normalized spacial score (nSPS) is 15.0. The van der Waals surface area contributed by atoms with Gasteiger partial charge in [0.2, 0.25) is 0 Å². The second-order valence-electron chi connectivity index (χ2n) is 5.79. The molecule has 1 heterocycles. The predicted molar refractivity (Wildman–Crippen MR) is 102 cm³/mol. The largest absolute Gasteiger partial charge is 0.416 e. The van der Waals surface area contributed by atoms with Gasteiger partial charge in [-0.25, -0.2) is 0 Å². The topological polar surface area (TPSA) is 41.6 Å². The fraction of sp³-hybridized carbons (Fsp3) is 0.278. The molecular weight excluding hydrogens is 460 g/mol. The number of halogens is 4. The average Bonchev–Trinajstić information content (AvgIpc) is 2.61. The molecule has 0 bridgehead atoms. The van der Waals surface area contributed by atoms with E-state index in [9.17, 15) is 18.0 Å². The highest BCUT2D eigenvalue weighted by Crippen LogP contribution is 2.36. The molecule has 1 aliphatic rings. The van der Waals surface area contributed by atoms with Crippen molar-refractivity contribution in [2.75, 3.05) is 36.5 Å². The zero-order valence-electron chi connectivity index (χ0n) is 13.6. The Balaban J connectivity index is 1.94. The molecule has 1 fully saturated rings. The average molecular weight is 476 g/mol. The SMILES string of the molecule is O=C(Nc1cc(C(F)(F)F)ccc1N1CCOCC1)c1cccc(I)c1. The molecule has 0 spiro atoms. The van der Waals surface area contributed by atoms with Crippen LogP contribution in [0.15, 0.2) is 42.5 Å². The summed E-state index contributed by atoms with van der Waals surface area (Å²) in [6, 6.07) is 10.3. The third-order valence-corrected chi connectivity index (χ3v) is 4.68. The number of benzene rings is 2. The molecule has 1 N–H and O–H groups in total. The van der Waals surface area contributed by atoms with E-state index in [0.717, 1.165) is 15.7 Å². The molecule has 2 aromatic rings. The first-order valence-electron chi connectivity index (χ1n) is 7.95. The van der Waals surface area contributed by atoms with Gasteiger partial charge in [0.05, 0.1) is 30.2 Å². The van der Waals surface area contributed by atoms with E-state index in [0.29, 0.717) is 37.6 Å². The third-order valence-electron chi connectivity index (χ3n) is 4.01. The Kier molecular flexibility index (Phi) is 5.71. The highest BCUT2D eigenvalue weighted by Gasteiger charge is 2.32. The maximum atomic E-state index is 13.1. The van der Waals surface area contributed by atoms with Crippen molar-refractivity contribution in [1.29, 1.82) is 0 Å². The van der Waals surface area contributed by atoms with Gasteiger partial charge in [0, 0.05) is 22.2 Å². The molecular formula is C18H16F3IN2O2. The Morgan fingerprint density at radius 2 is 1.85 bits per heavy atom. The van der Waals surface area contributed by atoms with Gasteiger partial charge in [-0.2, -0.15) is 13.2 Å². The van der Waals surface area contributed by atoms with Crippen molar-refractivity contribution in [3.63, 3.8) is 0 Å². The first kappa shape index (κ1) is 19.0. The van der Waals surface area contributed by atoms with Crippen molar-refractivity contribution in [1.82, 2.24) is 0 Å². The number of carbonyl (C=O) groups excluding carboxylic acids is 1. The monoisotopic (exact) mass is 476 g/mol. The van der Waals surface area contributed by atoms with Crippen LogP contribution < -0.4 is 10.2 Å². The molecule has 0 radical (unpaired) electrons. The maximum absolute atomic E-state index is 13.1. The first-order valence-corrected chi connectivity index (χ1v) is 9.03. The van der Waals surface area contributed by atoms with Crippen LogP contribution >= 0.6 is 22.6 Å². The molecule has 0 aromatic heterocycles. The van der Waals surface area contributed by atoms with Crippen molar-refractivity contribution in [3.05, 3.63) is 57.2 Å². The Morgan fingerprint density at radius 1 is 1.12 bits per heavy atom. The molecule has 8 heteroatoms. The molecule has 2 aromatic carbocycles. The molecule has 4 nitrogen and oxygen atoms in total. The summed E-state index contributed by atoms with van der Waals surface area (Å²) in [7, 11) is 0. The van der Waals surface area contributed by atoms with E-state index in [2.05, 4.69) is 27.9 Å². The number of morpholine rings is 1. The summed E-state index contributed by atoms with van der Waals surface area (Å²) in [5.74, 6) is -0.447. The van der Waals surface area contributed by atoms with Crippen molar-refractivity contribution < 1.29 is 22.7 Å². The van der Waals surface area contributed by atoms with Gasteiger partial charge in [0.1, 0.15) is 0 Å². The number of amides is 1. The molecule has 0 aliphatic carbocycles. The summed E-state index contributed by atoms with van der Waals surface area (Å²) in [5, 5.41) is 2.64. The second-order valence-corrected chi connectivity index (χ2v) is 7.04. The summed E-state index contributed by atoms with van der Waals surface area (Å²) in [4.78, 5) is 14.4. The van der Waals surface area contributed by atoms with Gasteiger partial charge in [0.15, 0.2) is 0 Å². The minimum absolute atomic E-state index is 0.144. The number of carbonyl (C=O) groups is 1. The molecule has 138 valence electrons. The number of rotatable bonds is 3. The van der Waals surface area contributed by atoms with Crippen molar-refractivity contribution in [3.8, 4) is 0 Å². The van der Waals surface area contributed by atoms with Gasteiger partial charge in [-0.1, -0.05) is 6.07 Å². The number of hydrogen-bond acceptors (Lipinski definition) is 3. The van der Waals surface area contributed by atoms with Crippen LogP contribution in [0.4, 0.5) is 24.5 Å². The van der Waals surface area contributed by atoms with Gasteiger partial charge < -0.3 is 15.0 Å². The number of alkyl halides is 3. The molecule has 1 amide bonds. The van der Waals surface area contributed by atoms with Crippen molar-refractivity contribution in [2.24, 2.45) is 0 Å². The van der Waals surface area contributed by atoms with Crippen LogP contribution in [-0.2, 0) is 10.9 Å². The van der Waals surface area contributed by atoms with E-state index in [4.69, 9.17) is 4.74 Å². The van der Waals surface area contributed by atoms with Crippen LogP contribution in [0.1, 0.15) is 15.9 Å². The summed E-state index contributed by atoms with van der Waals surface area (Å²) >= 11 is 2.08. The van der Waals surface area contributed by atoms with Crippen LogP contribution in [0.2, 0.25) is 0 Å². The Labute approximate surface area is 162 Å². The van der Waals surface area contributed by atoms with Crippen molar-refractivity contribution >= 4 is 39.9 Å². The zero-order valence-corrected chi connectivity index (χ0v) is 15.8. The lowest BCUT2D eigenvalue weighted by atomic mass is 10.1. The molecule has 26 heavy (non-hydrogen) atoms. The Hall–Kier alpha value is -1.81. The molecule has 1 saturated heterocycles. The fourth-order valence-corrected chi connectivity index (χ4v) is 3.26. The van der Waals surface area contributed by atoms with Crippen LogP contribution in [0.5, 0.6) is 0 Å². The highest BCUT2D eigenvalue weighted by molar-refractivity contribution is 14.1. The first-order chi connectivity index (χ1) is 12.3. The number of hydrogen-bond donors (Lipinski definition) is 1. The quantitative estimate of drug-likeness (QED) is 0.669. The summed E-state index contributed by atoms with van der Waals surface area (Å²) < 4.78 is 45.5. The number of anilines is 2. The van der Waals surface area contributed by atoms with E-state index in [1.165, 1.54) is 6.07 Å². The standard InChI is InChI=1S/C18H16F3IN2O2/c19-18(20,21)13-4-5-16(24-6-8-26-9-7-24)15(11-13)23-17(25)12-2-1-3-14(22)10-12/h1-5,10-11H,6-9H2,(H,23,25). The van der Waals surface area contributed by atoms with Gasteiger partial charge in [0.25, 0.3) is 5.91 Å². The summed E-state index contributed by atoms with van der Waals surface area (Å²) in [6.07, 6.45) is -4.48. The second kappa shape index (κ2) is 7.83. The fourth-order valence-electron chi connectivity index (χ4n) is 2.72. The van der Waals surface area contributed by atoms with E-state index in [-0.39, 0.29) is 5.69 Å². The molecule has 0 saturated carbocycles. The smallest absolute Gasteiger partial charge is 0.378 e. The predicted octanol–water partition coefficient (Wildman–Crippen LogP) is 4.40. The summed E-state index contributed by atoms with van der Waals surface area (Å²) in [6.45, 7) is 2.09. The maximum Gasteiger partial charge on any atom is 0.416 e. The van der Waals surface area contributed by atoms with Gasteiger partial charge in [-0.15, -0.1) is 0 Å². The van der Waals surface area contributed by atoms with Crippen LogP contribution in [0, 0.1) is 3.57 Å². The minimum atomic E-state index is -4.48. The number of nitrogens with one attached hydrogen (secondary N) is 1. The number of ether oxygens (including phenoxy) is 1. The van der Waals surface area contributed by atoms with Gasteiger partial charge in [-0.3, -0.25) is 4.79 Å². The molecule has 0 unspecified atom stereocenters. The van der Waals surface area contributed by atoms with Crippen molar-refractivity contribution in [2.45, 2.75) is 6.18 Å². The Bertz CT molecular complexity index is 805. The van der Waals surface area contributed by atoms with Crippen LogP contribution in [0.25, 0.3) is 0 Å². The van der Waals surface area contributed by atoms with E-state index in [1.807, 2.05) is 11.0 Å². The zero-order chi connectivity index (χ0) is 18.7. The lowest BCUT2D eigenvalue weighted by molar-refractivity contribution is -0.137. The molecule has 1 aliphatic heterocycles. The highest BCUT2D eigenvalue weighted by atomic mass is 127. The van der Waals surface area contributed by atoms with E-state index in [1.54, 1.807) is 18.2 Å². The van der Waals surface area contributed by atoms with E-state index >= 15 is 0 Å². The lowest BCUT2D eigenvalue weighted by Crippen LogP contribution is -2.36. The lowest BCUT2D eigenvalue weighted by Gasteiger charge is -2.31. The molecule has 0 atom stereocenters. The van der Waals surface area contributed by atoms with Gasteiger partial charge >= 0.3 is 6.18 Å². The van der Waals surface area contributed by atoms with E-state index < -0.39 is 17.6 Å². The molecule has 3 rings (SSSR count). The van der Waals surface area contributed by atoms with Crippen LogP contribution in [0.3, 0.4) is 0 Å². The summed E-state index contributed by atoms with van der Waals surface area (Å²) in [5.41, 5.74) is 0.292. The Morgan fingerprint density at radius 3 is 2.50 bits per heavy atom. The van der Waals surface area contributed by atoms with Gasteiger partial charge in [-0.05, 0) is 59.0 Å². The third kappa shape index (κ3) is 4.47. The number of nitrogens with zero attached hydrogens (tertiary/aromatic N) is 1. The van der Waals surface area contributed by atoms with Crippen LogP contribution in [-0.4, -0.2) is 32.2 Å². The minimum Gasteiger partial charge on any atom is -0.378 e.